The van der Waals surface area contributed by atoms with Gasteiger partial charge in [0.25, 0.3) is 5.91 Å². The van der Waals surface area contributed by atoms with E-state index in [1.807, 2.05) is 29.7 Å². The van der Waals surface area contributed by atoms with E-state index in [-0.39, 0.29) is 6.61 Å². The molecule has 0 aliphatic carbocycles. The number of guanidine groups is 1. The van der Waals surface area contributed by atoms with Crippen molar-refractivity contribution in [3.63, 3.8) is 0 Å². The maximum absolute atomic E-state index is 13.4. The Morgan fingerprint density at radius 3 is 2.45 bits per heavy atom. The van der Waals surface area contributed by atoms with E-state index in [0.29, 0.717) is 5.96 Å². The van der Waals surface area contributed by atoms with E-state index in [2.05, 4.69) is 26.0 Å². The number of anilines is 1. The van der Waals surface area contributed by atoms with Crippen LogP contribution in [0, 0.1) is 13.8 Å². The number of rotatable bonds is 4. The highest BCUT2D eigenvalue weighted by atomic mass is 16.5. The lowest BCUT2D eigenvalue weighted by Crippen LogP contribution is -2.65. The van der Waals surface area contributed by atoms with Gasteiger partial charge in [-0.2, -0.15) is 0 Å². The summed E-state index contributed by atoms with van der Waals surface area (Å²) in [5, 5.41) is 0. The first kappa shape index (κ1) is 20.9. The Kier molecular flexibility index (Phi) is 4.99. The second-order valence-corrected chi connectivity index (χ2v) is 8.06. The van der Waals surface area contributed by atoms with E-state index in [4.69, 9.17) is 9.73 Å². The summed E-state index contributed by atoms with van der Waals surface area (Å²) in [5.41, 5.74) is 5.14. The second-order valence-electron chi connectivity index (χ2n) is 8.06. The average molecular weight is 425 g/mol. The van der Waals surface area contributed by atoms with Crippen LogP contribution in [-0.4, -0.2) is 71.0 Å². The molecular weight excluding hydrogens is 398 g/mol. The largest absolute Gasteiger partial charge is 0.465 e. The Morgan fingerprint density at radius 2 is 1.81 bits per heavy atom. The molecule has 1 saturated heterocycles. The van der Waals surface area contributed by atoms with Crippen LogP contribution in [0.3, 0.4) is 0 Å². The van der Waals surface area contributed by atoms with Gasteiger partial charge >= 0.3 is 12.0 Å². The molecule has 0 radical (unpaired) electrons. The van der Waals surface area contributed by atoms with E-state index in [9.17, 15) is 14.4 Å². The molecule has 1 aromatic carbocycles. The first-order valence-corrected chi connectivity index (χ1v) is 10.3. The summed E-state index contributed by atoms with van der Waals surface area (Å²) in [7, 11) is 1.60. The number of hydrogen-bond acceptors (Lipinski definition) is 7. The van der Waals surface area contributed by atoms with Crippen LogP contribution in [0.1, 0.15) is 31.9 Å². The fourth-order valence-electron chi connectivity index (χ4n) is 4.27. The Bertz CT molecular complexity index is 1050. The summed E-state index contributed by atoms with van der Waals surface area (Å²) in [6.07, 6.45) is -0.662. The van der Waals surface area contributed by atoms with Crippen molar-refractivity contribution in [2.75, 3.05) is 25.1 Å². The van der Waals surface area contributed by atoms with E-state index in [1.165, 1.54) is 10.5 Å². The number of urea groups is 1. The molecule has 3 aliphatic rings. The Hall–Kier alpha value is -3.36. The third-order valence-corrected chi connectivity index (χ3v) is 6.23. The number of benzene rings is 1. The van der Waals surface area contributed by atoms with Gasteiger partial charge in [0.1, 0.15) is 6.54 Å². The van der Waals surface area contributed by atoms with Crippen LogP contribution in [0.4, 0.5) is 10.5 Å². The van der Waals surface area contributed by atoms with Crippen LogP contribution in [0.15, 0.2) is 34.6 Å². The highest BCUT2D eigenvalue weighted by molar-refractivity contribution is 6.11. The first-order valence-electron chi connectivity index (χ1n) is 10.3. The molecular formula is C22H27N5O4. The van der Waals surface area contributed by atoms with Crippen LogP contribution in [-0.2, 0) is 14.3 Å². The standard InChI is InChI=1S/C22H27N5O4/c1-7-31-17(28)11-25-20(29)18-19(24(6)22(25)30)23-21-26(14(4)15(5)27(18)21)16-9-8-12(2)13(3)10-16/h8-10,18-19H,7,11H2,1-6H3. The molecule has 0 saturated carbocycles. The zero-order valence-corrected chi connectivity index (χ0v) is 18.7. The van der Waals surface area contributed by atoms with Gasteiger partial charge in [-0.15, -0.1) is 0 Å². The SMILES string of the molecule is CCOC(=O)CN1C(=O)C2C(N=C3N(c4ccc(C)c(C)c4)C(C)=C(C)N32)N(C)C1=O. The molecule has 0 aromatic heterocycles. The second kappa shape index (κ2) is 7.40. The maximum atomic E-state index is 13.4. The number of fused-ring (bicyclic) bond motifs is 3. The maximum Gasteiger partial charge on any atom is 0.328 e. The van der Waals surface area contributed by atoms with Crippen LogP contribution < -0.4 is 4.90 Å². The minimum Gasteiger partial charge on any atom is -0.465 e. The summed E-state index contributed by atoms with van der Waals surface area (Å²) in [6.45, 7) is 9.49. The number of carbonyl (C=O) groups excluding carboxylic acids is 3. The van der Waals surface area contributed by atoms with Gasteiger partial charge in [0.15, 0.2) is 12.2 Å². The van der Waals surface area contributed by atoms with Gasteiger partial charge < -0.3 is 9.64 Å². The molecule has 3 amide bonds. The molecule has 9 heteroatoms. The monoisotopic (exact) mass is 425 g/mol. The molecule has 3 aliphatic heterocycles. The molecule has 3 heterocycles. The third kappa shape index (κ3) is 3.07. The van der Waals surface area contributed by atoms with Crippen LogP contribution >= 0.6 is 0 Å². The summed E-state index contributed by atoms with van der Waals surface area (Å²) in [5.74, 6) is -0.454. The van der Waals surface area contributed by atoms with Gasteiger partial charge in [-0.1, -0.05) is 6.07 Å². The lowest BCUT2D eigenvalue weighted by atomic mass is 10.1. The predicted molar refractivity (Wildman–Crippen MR) is 115 cm³/mol. The van der Waals surface area contributed by atoms with Gasteiger partial charge in [0, 0.05) is 24.1 Å². The van der Waals surface area contributed by atoms with Crippen molar-refractivity contribution >= 4 is 29.6 Å². The predicted octanol–water partition coefficient (Wildman–Crippen LogP) is 2.20. The number of carbonyl (C=O) groups is 3. The number of hydrogen-bond donors (Lipinski definition) is 0. The lowest BCUT2D eigenvalue weighted by Gasteiger charge is -2.40. The number of nitrogens with zero attached hydrogens (tertiary/aromatic N) is 5. The van der Waals surface area contributed by atoms with Gasteiger partial charge in [0.05, 0.1) is 6.61 Å². The topological polar surface area (TPSA) is 85.8 Å². The van der Waals surface area contributed by atoms with Gasteiger partial charge in [-0.3, -0.25) is 24.3 Å². The summed E-state index contributed by atoms with van der Waals surface area (Å²) in [6, 6.07) is 4.89. The number of allylic oxidation sites excluding steroid dienone is 2. The number of amides is 3. The number of aliphatic imine (C=N–C) groups is 1. The number of likely N-dealkylation sites (N-methyl/N-ethyl adjacent to an activating group) is 1. The lowest BCUT2D eigenvalue weighted by molar-refractivity contribution is -0.150. The van der Waals surface area contributed by atoms with Crippen molar-refractivity contribution in [3.05, 3.63) is 40.7 Å². The number of esters is 1. The average Bonchev–Trinajstić information content (AvgIpc) is 3.22. The van der Waals surface area contributed by atoms with Crippen LogP contribution in [0.5, 0.6) is 0 Å². The fourth-order valence-corrected chi connectivity index (χ4v) is 4.27. The number of aryl methyl sites for hydroxylation is 2. The summed E-state index contributed by atoms with van der Waals surface area (Å²) < 4.78 is 4.95. The first-order chi connectivity index (χ1) is 14.7. The minimum absolute atomic E-state index is 0.183. The van der Waals surface area contributed by atoms with Crippen molar-refractivity contribution in [2.45, 2.75) is 46.8 Å². The van der Waals surface area contributed by atoms with Crippen molar-refractivity contribution in [2.24, 2.45) is 4.99 Å². The molecule has 1 aromatic rings. The van der Waals surface area contributed by atoms with Gasteiger partial charge in [-0.25, -0.2) is 9.79 Å². The smallest absolute Gasteiger partial charge is 0.328 e. The van der Waals surface area contributed by atoms with Crippen LogP contribution in [0.25, 0.3) is 0 Å². The molecule has 31 heavy (non-hydrogen) atoms. The Balaban J connectivity index is 1.72. The third-order valence-electron chi connectivity index (χ3n) is 6.23. The molecule has 2 atom stereocenters. The molecule has 4 rings (SSSR count). The molecule has 0 N–H and O–H groups in total. The fraction of sp³-hybridized carbons (Fsp3) is 0.455. The number of ether oxygens (including phenoxy) is 1. The van der Waals surface area contributed by atoms with Crippen molar-refractivity contribution in [3.8, 4) is 0 Å². The van der Waals surface area contributed by atoms with E-state index in [1.54, 1.807) is 14.0 Å². The quantitative estimate of drug-likeness (QED) is 0.688. The summed E-state index contributed by atoms with van der Waals surface area (Å²) >= 11 is 0. The van der Waals surface area contributed by atoms with E-state index < -0.39 is 36.7 Å². The highest BCUT2D eigenvalue weighted by Gasteiger charge is 2.56. The number of imide groups is 1. The van der Waals surface area contributed by atoms with Gasteiger partial charge in [-0.05, 0) is 57.9 Å². The molecule has 1 fully saturated rings. The van der Waals surface area contributed by atoms with Gasteiger partial charge in [0.2, 0.25) is 5.96 Å². The van der Waals surface area contributed by atoms with Crippen LogP contribution in [0.2, 0.25) is 0 Å². The zero-order chi connectivity index (χ0) is 22.6. The Labute approximate surface area is 181 Å². The molecule has 2 unspecified atom stereocenters. The van der Waals surface area contributed by atoms with Crippen molar-refractivity contribution in [1.82, 2.24) is 14.7 Å². The highest BCUT2D eigenvalue weighted by Crippen LogP contribution is 2.40. The normalized spacial score (nSPS) is 22.8. The molecule has 0 bridgehead atoms. The molecule has 164 valence electrons. The zero-order valence-electron chi connectivity index (χ0n) is 18.7. The molecule has 9 nitrogen and oxygen atoms in total. The molecule has 0 spiro atoms. The van der Waals surface area contributed by atoms with Crippen molar-refractivity contribution < 1.29 is 19.1 Å². The summed E-state index contributed by atoms with van der Waals surface area (Å²) in [4.78, 5) is 49.2. The van der Waals surface area contributed by atoms with E-state index in [0.717, 1.165) is 27.5 Å². The Morgan fingerprint density at radius 1 is 1.10 bits per heavy atom. The minimum atomic E-state index is -0.723. The van der Waals surface area contributed by atoms with Crippen molar-refractivity contribution in [1.29, 1.82) is 0 Å². The van der Waals surface area contributed by atoms with E-state index >= 15 is 0 Å².